The lowest BCUT2D eigenvalue weighted by Gasteiger charge is -2.21. The summed E-state index contributed by atoms with van der Waals surface area (Å²) in [5.74, 6) is -1.44. The van der Waals surface area contributed by atoms with Crippen LogP contribution in [0.25, 0.3) is 0 Å². The molecule has 0 saturated carbocycles. The average Bonchev–Trinajstić information content (AvgIpc) is 2.62. The van der Waals surface area contributed by atoms with Gasteiger partial charge in [0.05, 0.1) is 6.61 Å². The number of unbranched alkanes of at least 4 members (excludes halogenated alkanes) is 13. The first-order valence-electron chi connectivity index (χ1n) is 11.4. The van der Waals surface area contributed by atoms with E-state index in [1.165, 1.54) is 70.6 Å². The highest BCUT2D eigenvalue weighted by molar-refractivity contribution is 5.99. The van der Waals surface area contributed by atoms with Crippen molar-refractivity contribution >= 4 is 11.9 Å². The predicted octanol–water partition coefficient (Wildman–Crippen LogP) is 5.68. The Balaban J connectivity index is 3.43. The Labute approximate surface area is 173 Å². The van der Waals surface area contributed by atoms with Crippen LogP contribution in [0.1, 0.15) is 118 Å². The highest BCUT2D eigenvalue weighted by atomic mass is 16.6. The fourth-order valence-corrected chi connectivity index (χ4v) is 3.02. The third-order valence-corrected chi connectivity index (χ3v) is 4.66. The molecule has 0 aromatic heterocycles. The van der Waals surface area contributed by atoms with Crippen LogP contribution in [-0.2, 0) is 19.1 Å². The molecule has 0 amide bonds. The summed E-state index contributed by atoms with van der Waals surface area (Å²) < 4.78 is 10.2. The molecule has 1 atom stereocenters. The number of esters is 2. The van der Waals surface area contributed by atoms with Crippen LogP contribution in [0, 0.1) is 0 Å². The van der Waals surface area contributed by atoms with Crippen molar-refractivity contribution < 1.29 is 19.1 Å². The normalized spacial score (nSPS) is 12.6. The minimum Gasteiger partial charge on any atom is -0.464 e. The summed E-state index contributed by atoms with van der Waals surface area (Å²) in [5.41, 5.74) is 4.92. The minimum atomic E-state index is -1.36. The first-order chi connectivity index (χ1) is 13.3. The van der Waals surface area contributed by atoms with Gasteiger partial charge in [-0.2, -0.15) is 0 Å². The van der Waals surface area contributed by atoms with E-state index in [-0.39, 0.29) is 0 Å². The number of hydrogen-bond acceptors (Lipinski definition) is 5. The molecule has 0 bridgehead atoms. The Kier molecular flexibility index (Phi) is 16.2. The Morgan fingerprint density at radius 3 is 1.50 bits per heavy atom. The quantitative estimate of drug-likeness (QED) is 0.193. The second-order valence-electron chi connectivity index (χ2n) is 8.77. The van der Waals surface area contributed by atoms with E-state index in [2.05, 4.69) is 6.92 Å². The minimum absolute atomic E-state index is 0.313. The molecule has 28 heavy (non-hydrogen) atoms. The zero-order valence-corrected chi connectivity index (χ0v) is 18.9. The molecule has 0 fully saturated rings. The highest BCUT2D eigenvalue weighted by Crippen LogP contribution is 2.13. The molecule has 0 heterocycles. The van der Waals surface area contributed by atoms with E-state index >= 15 is 0 Å². The molecular weight excluding hydrogens is 354 g/mol. The van der Waals surface area contributed by atoms with Crippen LogP contribution < -0.4 is 5.73 Å². The Morgan fingerprint density at radius 2 is 1.11 bits per heavy atom. The maximum Gasteiger partial charge on any atom is 0.335 e. The summed E-state index contributed by atoms with van der Waals surface area (Å²) in [7, 11) is 0. The van der Waals surface area contributed by atoms with Gasteiger partial charge in [-0.1, -0.05) is 90.4 Å². The molecule has 0 rings (SSSR count). The second kappa shape index (κ2) is 16.8. The van der Waals surface area contributed by atoms with E-state index in [0.29, 0.717) is 6.61 Å². The largest absolute Gasteiger partial charge is 0.464 e. The predicted molar refractivity (Wildman–Crippen MR) is 115 cm³/mol. The van der Waals surface area contributed by atoms with Gasteiger partial charge in [-0.05, 0) is 27.2 Å². The molecule has 0 aromatic carbocycles. The van der Waals surface area contributed by atoms with Gasteiger partial charge in [0.2, 0.25) is 6.04 Å². The molecule has 0 aliphatic rings. The van der Waals surface area contributed by atoms with Crippen LogP contribution in [-0.4, -0.2) is 30.2 Å². The van der Waals surface area contributed by atoms with Crippen molar-refractivity contribution in [3.05, 3.63) is 0 Å². The number of carbonyl (C=O) groups excluding carboxylic acids is 2. The Morgan fingerprint density at radius 1 is 0.714 bits per heavy atom. The number of ether oxygens (including phenoxy) is 2. The number of hydrogen-bond donors (Lipinski definition) is 1. The highest BCUT2D eigenvalue weighted by Gasteiger charge is 2.28. The van der Waals surface area contributed by atoms with Crippen molar-refractivity contribution in [3.8, 4) is 0 Å². The summed E-state index contributed by atoms with van der Waals surface area (Å²) in [6.45, 7) is 7.77. The molecule has 0 aliphatic carbocycles. The van der Waals surface area contributed by atoms with E-state index in [1.807, 2.05) is 0 Å². The molecule has 0 saturated heterocycles. The maximum absolute atomic E-state index is 11.8. The summed E-state index contributed by atoms with van der Waals surface area (Å²) in [6, 6.07) is -1.36. The Hall–Kier alpha value is -1.10. The zero-order valence-electron chi connectivity index (χ0n) is 18.9. The van der Waals surface area contributed by atoms with Crippen LogP contribution in [0.4, 0.5) is 0 Å². The van der Waals surface area contributed by atoms with Crippen LogP contribution in [0.2, 0.25) is 0 Å². The molecule has 0 aliphatic heterocycles. The van der Waals surface area contributed by atoms with Crippen molar-refractivity contribution in [3.63, 3.8) is 0 Å². The third kappa shape index (κ3) is 17.0. The number of carbonyl (C=O) groups is 2. The van der Waals surface area contributed by atoms with Crippen molar-refractivity contribution in [2.24, 2.45) is 5.73 Å². The van der Waals surface area contributed by atoms with E-state index in [0.717, 1.165) is 19.3 Å². The summed E-state index contributed by atoms with van der Waals surface area (Å²) in [5, 5.41) is 0. The van der Waals surface area contributed by atoms with Gasteiger partial charge in [-0.15, -0.1) is 0 Å². The van der Waals surface area contributed by atoms with Crippen molar-refractivity contribution in [1.29, 1.82) is 0 Å². The molecule has 2 N–H and O–H groups in total. The lowest BCUT2D eigenvalue weighted by atomic mass is 10.0. The fraction of sp³-hybridized carbons (Fsp3) is 0.913. The van der Waals surface area contributed by atoms with Gasteiger partial charge in [0, 0.05) is 0 Å². The standard InChI is InChI=1S/C23H45NO4/c1-5-6-7-8-9-10-11-12-13-14-15-16-17-18-19-27-21(25)20(24)22(26)28-23(2,3)4/h20H,5-19,24H2,1-4H3. The van der Waals surface area contributed by atoms with Gasteiger partial charge in [0.15, 0.2) is 0 Å². The van der Waals surface area contributed by atoms with E-state index < -0.39 is 23.6 Å². The van der Waals surface area contributed by atoms with Crippen LogP contribution in [0.15, 0.2) is 0 Å². The first-order valence-corrected chi connectivity index (χ1v) is 11.4. The summed E-state index contributed by atoms with van der Waals surface area (Å²) in [6.07, 6.45) is 17.9. The van der Waals surface area contributed by atoms with E-state index in [1.54, 1.807) is 20.8 Å². The molecule has 1 unspecified atom stereocenters. The molecule has 5 nitrogen and oxygen atoms in total. The van der Waals surface area contributed by atoms with Gasteiger partial charge in [-0.25, -0.2) is 9.59 Å². The Bertz CT molecular complexity index is 404. The molecule has 166 valence electrons. The van der Waals surface area contributed by atoms with Gasteiger partial charge in [0.25, 0.3) is 0 Å². The van der Waals surface area contributed by atoms with Gasteiger partial charge in [-0.3, -0.25) is 0 Å². The summed E-state index contributed by atoms with van der Waals surface area (Å²) in [4.78, 5) is 23.5. The van der Waals surface area contributed by atoms with Gasteiger partial charge < -0.3 is 15.2 Å². The fourth-order valence-electron chi connectivity index (χ4n) is 3.02. The third-order valence-electron chi connectivity index (χ3n) is 4.66. The molecule has 0 aromatic rings. The van der Waals surface area contributed by atoms with Crippen molar-refractivity contribution in [2.45, 2.75) is 129 Å². The monoisotopic (exact) mass is 399 g/mol. The van der Waals surface area contributed by atoms with Crippen LogP contribution in [0.5, 0.6) is 0 Å². The SMILES string of the molecule is CCCCCCCCCCCCCCCCOC(=O)C(N)C(=O)OC(C)(C)C. The second-order valence-corrected chi connectivity index (χ2v) is 8.77. The lowest BCUT2D eigenvalue weighted by Crippen LogP contribution is -2.44. The zero-order chi connectivity index (χ0) is 21.3. The molecule has 0 radical (unpaired) electrons. The number of nitrogens with two attached hydrogens (primary N) is 1. The smallest absolute Gasteiger partial charge is 0.335 e. The van der Waals surface area contributed by atoms with E-state index in [4.69, 9.17) is 15.2 Å². The molecular formula is C23H45NO4. The summed E-state index contributed by atoms with van der Waals surface area (Å²) >= 11 is 0. The first kappa shape index (κ1) is 26.9. The van der Waals surface area contributed by atoms with E-state index in [9.17, 15) is 9.59 Å². The lowest BCUT2D eigenvalue weighted by molar-refractivity contribution is -0.164. The van der Waals surface area contributed by atoms with Crippen molar-refractivity contribution in [1.82, 2.24) is 0 Å². The topological polar surface area (TPSA) is 78.6 Å². The molecule has 0 spiro atoms. The van der Waals surface area contributed by atoms with Crippen LogP contribution >= 0.6 is 0 Å². The van der Waals surface area contributed by atoms with Crippen molar-refractivity contribution in [2.75, 3.05) is 6.61 Å². The number of rotatable bonds is 17. The van der Waals surface area contributed by atoms with Gasteiger partial charge in [0.1, 0.15) is 5.60 Å². The maximum atomic E-state index is 11.8. The average molecular weight is 400 g/mol. The van der Waals surface area contributed by atoms with Crippen LogP contribution in [0.3, 0.4) is 0 Å². The molecule has 5 heteroatoms. The van der Waals surface area contributed by atoms with Gasteiger partial charge >= 0.3 is 11.9 Å².